The van der Waals surface area contributed by atoms with E-state index in [0.717, 1.165) is 39.2 Å². The van der Waals surface area contributed by atoms with Crippen LogP contribution >= 0.6 is 0 Å². The Morgan fingerprint density at radius 2 is 1.60 bits per heavy atom. The molecule has 0 amide bonds. The minimum Gasteiger partial charge on any atom is -0.385 e. The number of hydrogen-bond donors (Lipinski definition) is 1. The molecule has 0 fully saturated rings. The lowest BCUT2D eigenvalue weighted by Gasteiger charge is -2.20. The highest BCUT2D eigenvalue weighted by Crippen LogP contribution is 1.99. The van der Waals surface area contributed by atoms with Crippen molar-refractivity contribution in [1.29, 1.82) is 0 Å². The topological polar surface area (TPSA) is 30.5 Å². The summed E-state index contributed by atoms with van der Waals surface area (Å²) in [6.07, 6.45) is 3.31. The standard InChI is InChI=1S/C12H27NO2/c1-12(2,3)13-8-5-6-10-15-11-7-9-14-4/h13H,5-11H2,1-4H3. The molecular formula is C12H27NO2. The molecule has 0 heterocycles. The Morgan fingerprint density at radius 3 is 2.20 bits per heavy atom. The molecule has 0 spiro atoms. The predicted octanol–water partition coefficient (Wildman–Crippen LogP) is 2.21. The van der Waals surface area contributed by atoms with Crippen molar-refractivity contribution in [2.45, 2.75) is 45.6 Å². The Bertz CT molecular complexity index is 132. The third kappa shape index (κ3) is 13.9. The van der Waals surface area contributed by atoms with Gasteiger partial charge in [0.2, 0.25) is 0 Å². The first-order chi connectivity index (χ1) is 7.06. The van der Waals surface area contributed by atoms with E-state index in [2.05, 4.69) is 26.1 Å². The van der Waals surface area contributed by atoms with E-state index >= 15 is 0 Å². The molecule has 0 aromatic carbocycles. The van der Waals surface area contributed by atoms with E-state index in [-0.39, 0.29) is 5.54 Å². The lowest BCUT2D eigenvalue weighted by atomic mass is 10.1. The van der Waals surface area contributed by atoms with Crippen LogP contribution in [0.2, 0.25) is 0 Å². The van der Waals surface area contributed by atoms with Gasteiger partial charge in [-0.3, -0.25) is 0 Å². The average Bonchev–Trinajstić information content (AvgIpc) is 2.14. The number of ether oxygens (including phenoxy) is 2. The summed E-state index contributed by atoms with van der Waals surface area (Å²) >= 11 is 0. The van der Waals surface area contributed by atoms with Gasteiger partial charge < -0.3 is 14.8 Å². The summed E-state index contributed by atoms with van der Waals surface area (Å²) in [5.41, 5.74) is 0.235. The highest BCUT2D eigenvalue weighted by atomic mass is 16.5. The molecule has 3 nitrogen and oxygen atoms in total. The molecule has 0 rings (SSSR count). The molecular weight excluding hydrogens is 190 g/mol. The van der Waals surface area contributed by atoms with Crippen LogP contribution in [0.4, 0.5) is 0 Å². The highest BCUT2D eigenvalue weighted by molar-refractivity contribution is 4.69. The average molecular weight is 217 g/mol. The van der Waals surface area contributed by atoms with Crippen LogP contribution in [-0.2, 0) is 9.47 Å². The number of hydrogen-bond acceptors (Lipinski definition) is 3. The van der Waals surface area contributed by atoms with Crippen LogP contribution < -0.4 is 5.32 Å². The Morgan fingerprint density at radius 1 is 0.933 bits per heavy atom. The fourth-order valence-corrected chi connectivity index (χ4v) is 1.20. The fraction of sp³-hybridized carbons (Fsp3) is 1.00. The number of unbranched alkanes of at least 4 members (excludes halogenated alkanes) is 1. The van der Waals surface area contributed by atoms with Crippen LogP contribution in [0.25, 0.3) is 0 Å². The van der Waals surface area contributed by atoms with E-state index in [9.17, 15) is 0 Å². The van der Waals surface area contributed by atoms with Crippen LogP contribution in [0, 0.1) is 0 Å². The second kappa shape index (κ2) is 9.13. The number of methoxy groups -OCH3 is 1. The summed E-state index contributed by atoms with van der Waals surface area (Å²) in [5.74, 6) is 0. The van der Waals surface area contributed by atoms with Gasteiger partial charge >= 0.3 is 0 Å². The minimum absolute atomic E-state index is 0.235. The molecule has 0 aliphatic rings. The van der Waals surface area contributed by atoms with Crippen molar-refractivity contribution in [2.24, 2.45) is 0 Å². The zero-order valence-corrected chi connectivity index (χ0v) is 10.8. The van der Waals surface area contributed by atoms with Crippen LogP contribution in [0.1, 0.15) is 40.0 Å². The zero-order chi connectivity index (χ0) is 11.6. The third-order valence-corrected chi connectivity index (χ3v) is 2.01. The van der Waals surface area contributed by atoms with Crippen LogP contribution in [0.3, 0.4) is 0 Å². The van der Waals surface area contributed by atoms with Gasteiger partial charge in [-0.2, -0.15) is 0 Å². The molecule has 0 unspecified atom stereocenters. The Labute approximate surface area is 94.5 Å². The Balaban J connectivity index is 2.99. The third-order valence-electron chi connectivity index (χ3n) is 2.01. The van der Waals surface area contributed by atoms with Gasteiger partial charge in [0.25, 0.3) is 0 Å². The van der Waals surface area contributed by atoms with Crippen molar-refractivity contribution in [1.82, 2.24) is 5.32 Å². The van der Waals surface area contributed by atoms with Gasteiger partial charge in [0.15, 0.2) is 0 Å². The van der Waals surface area contributed by atoms with Gasteiger partial charge in [-0.25, -0.2) is 0 Å². The van der Waals surface area contributed by atoms with E-state index in [1.54, 1.807) is 7.11 Å². The summed E-state index contributed by atoms with van der Waals surface area (Å²) in [4.78, 5) is 0. The summed E-state index contributed by atoms with van der Waals surface area (Å²) in [6.45, 7) is 10.1. The number of rotatable bonds is 9. The molecule has 92 valence electrons. The second-order valence-electron chi connectivity index (χ2n) is 4.84. The predicted molar refractivity (Wildman–Crippen MR) is 64.3 cm³/mol. The van der Waals surface area contributed by atoms with Crippen molar-refractivity contribution in [3.05, 3.63) is 0 Å². The molecule has 0 radical (unpaired) electrons. The normalized spacial score (nSPS) is 12.0. The summed E-state index contributed by atoms with van der Waals surface area (Å²) in [5, 5.41) is 3.46. The maximum absolute atomic E-state index is 5.46. The molecule has 0 saturated carbocycles. The first-order valence-electron chi connectivity index (χ1n) is 5.88. The van der Waals surface area contributed by atoms with Gasteiger partial charge in [-0.1, -0.05) is 0 Å². The van der Waals surface area contributed by atoms with Gasteiger partial charge in [-0.15, -0.1) is 0 Å². The summed E-state index contributed by atoms with van der Waals surface area (Å²) < 4.78 is 10.4. The van der Waals surface area contributed by atoms with Crippen molar-refractivity contribution in [3.8, 4) is 0 Å². The maximum atomic E-state index is 5.46. The minimum atomic E-state index is 0.235. The first kappa shape index (κ1) is 14.9. The van der Waals surface area contributed by atoms with Gasteiger partial charge in [0.05, 0.1) is 0 Å². The molecule has 0 aliphatic heterocycles. The second-order valence-corrected chi connectivity index (χ2v) is 4.84. The molecule has 15 heavy (non-hydrogen) atoms. The Kier molecular flexibility index (Phi) is 9.06. The molecule has 0 aliphatic carbocycles. The largest absolute Gasteiger partial charge is 0.385 e. The fourth-order valence-electron chi connectivity index (χ4n) is 1.20. The molecule has 0 saturated heterocycles. The SMILES string of the molecule is COCCCOCCCCNC(C)(C)C. The van der Waals surface area contributed by atoms with Crippen molar-refractivity contribution in [2.75, 3.05) is 33.5 Å². The van der Waals surface area contributed by atoms with Gasteiger partial charge in [-0.05, 0) is 46.6 Å². The van der Waals surface area contributed by atoms with Crippen LogP contribution in [0.5, 0.6) is 0 Å². The highest BCUT2D eigenvalue weighted by Gasteiger charge is 2.06. The Hall–Kier alpha value is -0.120. The lowest BCUT2D eigenvalue weighted by molar-refractivity contribution is 0.100. The van der Waals surface area contributed by atoms with E-state index in [1.807, 2.05) is 0 Å². The first-order valence-corrected chi connectivity index (χ1v) is 5.88. The van der Waals surface area contributed by atoms with E-state index in [4.69, 9.17) is 9.47 Å². The molecule has 0 aromatic rings. The van der Waals surface area contributed by atoms with Gasteiger partial charge in [0.1, 0.15) is 0 Å². The van der Waals surface area contributed by atoms with Crippen molar-refractivity contribution >= 4 is 0 Å². The van der Waals surface area contributed by atoms with Crippen LogP contribution in [-0.4, -0.2) is 39.0 Å². The molecule has 0 atom stereocenters. The van der Waals surface area contributed by atoms with Crippen molar-refractivity contribution < 1.29 is 9.47 Å². The van der Waals surface area contributed by atoms with E-state index < -0.39 is 0 Å². The smallest absolute Gasteiger partial charge is 0.0487 e. The van der Waals surface area contributed by atoms with E-state index in [1.165, 1.54) is 6.42 Å². The summed E-state index contributed by atoms with van der Waals surface area (Å²) in [6, 6.07) is 0. The molecule has 0 bridgehead atoms. The van der Waals surface area contributed by atoms with Gasteiger partial charge in [0, 0.05) is 32.5 Å². The van der Waals surface area contributed by atoms with Crippen LogP contribution in [0.15, 0.2) is 0 Å². The maximum Gasteiger partial charge on any atom is 0.0487 e. The van der Waals surface area contributed by atoms with Crippen molar-refractivity contribution in [3.63, 3.8) is 0 Å². The summed E-state index contributed by atoms with van der Waals surface area (Å²) in [7, 11) is 1.72. The number of nitrogens with one attached hydrogen (secondary N) is 1. The zero-order valence-electron chi connectivity index (χ0n) is 10.8. The monoisotopic (exact) mass is 217 g/mol. The quantitative estimate of drug-likeness (QED) is 0.601. The molecule has 1 N–H and O–H groups in total. The molecule has 0 aromatic heterocycles. The lowest BCUT2D eigenvalue weighted by Crippen LogP contribution is -2.36. The molecule has 3 heteroatoms. The van der Waals surface area contributed by atoms with E-state index in [0.29, 0.717) is 0 Å².